The van der Waals surface area contributed by atoms with E-state index in [1.807, 2.05) is 0 Å². The van der Waals surface area contributed by atoms with Gasteiger partial charge in [-0.05, 0) is 49.9 Å². The van der Waals surface area contributed by atoms with Crippen LogP contribution in [0.2, 0.25) is 0 Å². The molecule has 1 saturated heterocycles. The number of anilines is 1. The van der Waals surface area contributed by atoms with Gasteiger partial charge in [0, 0.05) is 6.42 Å². The molecule has 24 heavy (non-hydrogen) atoms. The molecule has 5 nitrogen and oxygen atoms in total. The number of aromatic nitrogens is 2. The lowest BCUT2D eigenvalue weighted by Gasteiger charge is -2.27. The van der Waals surface area contributed by atoms with Crippen molar-refractivity contribution in [1.29, 1.82) is 0 Å². The van der Waals surface area contributed by atoms with Crippen molar-refractivity contribution in [1.82, 2.24) is 15.1 Å². The lowest BCUT2D eigenvalue weighted by molar-refractivity contribution is -0.117. The van der Waals surface area contributed by atoms with Gasteiger partial charge in [0.25, 0.3) is 0 Å². The molecule has 2 aromatic rings. The maximum Gasteiger partial charge on any atom is 0.224 e. The number of piperidine rings is 1. The molecule has 1 aliphatic rings. The lowest BCUT2D eigenvalue weighted by atomic mass is 9.84. The van der Waals surface area contributed by atoms with Crippen molar-refractivity contribution in [3.8, 4) is 5.69 Å². The predicted octanol–water partition coefficient (Wildman–Crippen LogP) is 2.98. The van der Waals surface area contributed by atoms with E-state index in [0.29, 0.717) is 29.6 Å². The van der Waals surface area contributed by atoms with Crippen LogP contribution in [0, 0.1) is 17.7 Å². The quantitative estimate of drug-likeness (QED) is 0.886. The van der Waals surface area contributed by atoms with Gasteiger partial charge < -0.3 is 10.6 Å². The Kier molecular flexibility index (Phi) is 5.25. The van der Waals surface area contributed by atoms with E-state index in [4.69, 9.17) is 0 Å². The minimum atomic E-state index is -0.349. The van der Waals surface area contributed by atoms with Crippen LogP contribution in [-0.2, 0) is 4.79 Å². The second-order valence-electron chi connectivity index (χ2n) is 6.44. The first kappa shape index (κ1) is 16.6. The summed E-state index contributed by atoms with van der Waals surface area (Å²) in [5.41, 5.74) is 0.946. The van der Waals surface area contributed by atoms with E-state index in [1.54, 1.807) is 30.6 Å². The average Bonchev–Trinajstić information content (AvgIpc) is 3.04. The normalized spacial score (nSPS) is 16.8. The molecule has 1 fully saturated rings. The van der Waals surface area contributed by atoms with Gasteiger partial charge in [-0.2, -0.15) is 5.10 Å². The Morgan fingerprint density at radius 3 is 2.92 bits per heavy atom. The van der Waals surface area contributed by atoms with Crippen LogP contribution in [0.4, 0.5) is 10.1 Å². The molecule has 128 valence electrons. The third-order valence-corrected chi connectivity index (χ3v) is 4.66. The molecule has 0 radical (unpaired) electrons. The highest BCUT2D eigenvalue weighted by atomic mass is 19.1. The zero-order valence-electron chi connectivity index (χ0n) is 13.8. The number of amides is 1. The number of para-hydroxylation sites is 1. The molecule has 2 heterocycles. The van der Waals surface area contributed by atoms with E-state index >= 15 is 0 Å². The van der Waals surface area contributed by atoms with Crippen LogP contribution in [0.3, 0.4) is 0 Å². The second-order valence-corrected chi connectivity index (χ2v) is 6.44. The number of rotatable bonds is 5. The number of benzene rings is 1. The molecule has 0 aliphatic carbocycles. The van der Waals surface area contributed by atoms with Gasteiger partial charge in [-0.1, -0.05) is 19.1 Å². The third kappa shape index (κ3) is 4.00. The SMILES string of the molecule is CC(CC(=O)Nc1cnn(-c2ccccc2F)c1)C1CCNCC1. The second kappa shape index (κ2) is 7.57. The highest BCUT2D eigenvalue weighted by Crippen LogP contribution is 2.24. The van der Waals surface area contributed by atoms with E-state index in [0.717, 1.165) is 25.9 Å². The van der Waals surface area contributed by atoms with Crippen molar-refractivity contribution in [3.63, 3.8) is 0 Å². The molecular weight excluding hydrogens is 307 g/mol. The van der Waals surface area contributed by atoms with Crippen molar-refractivity contribution in [2.45, 2.75) is 26.2 Å². The fourth-order valence-electron chi connectivity index (χ4n) is 3.24. The molecule has 0 saturated carbocycles. The fourth-order valence-corrected chi connectivity index (χ4v) is 3.24. The van der Waals surface area contributed by atoms with Crippen molar-refractivity contribution < 1.29 is 9.18 Å². The van der Waals surface area contributed by atoms with Crippen LogP contribution in [0.5, 0.6) is 0 Å². The number of halogens is 1. The summed E-state index contributed by atoms with van der Waals surface area (Å²) in [4.78, 5) is 12.2. The standard InChI is InChI=1S/C18H23FN4O/c1-13(14-6-8-20-9-7-14)10-18(24)22-15-11-21-23(12-15)17-5-3-2-4-16(17)19/h2-5,11-14,20H,6-10H2,1H3,(H,22,24). The number of carbonyl (C=O) groups excluding carboxylic acids is 1. The molecule has 3 rings (SSSR count). The van der Waals surface area contributed by atoms with Gasteiger partial charge in [-0.3, -0.25) is 4.79 Å². The molecule has 2 N–H and O–H groups in total. The largest absolute Gasteiger partial charge is 0.323 e. The average molecular weight is 330 g/mol. The number of hydrogen-bond donors (Lipinski definition) is 2. The Labute approximate surface area is 141 Å². The van der Waals surface area contributed by atoms with Crippen LogP contribution in [0.15, 0.2) is 36.7 Å². The maximum atomic E-state index is 13.8. The first-order valence-corrected chi connectivity index (χ1v) is 8.43. The maximum absolute atomic E-state index is 13.8. The first-order chi connectivity index (χ1) is 11.6. The Morgan fingerprint density at radius 2 is 2.17 bits per heavy atom. The van der Waals surface area contributed by atoms with Gasteiger partial charge in [-0.15, -0.1) is 0 Å². The van der Waals surface area contributed by atoms with Crippen LogP contribution in [0.25, 0.3) is 5.69 Å². The summed E-state index contributed by atoms with van der Waals surface area (Å²) in [7, 11) is 0. The summed E-state index contributed by atoms with van der Waals surface area (Å²) >= 11 is 0. The highest BCUT2D eigenvalue weighted by Gasteiger charge is 2.22. The number of nitrogens with one attached hydrogen (secondary N) is 2. The summed E-state index contributed by atoms with van der Waals surface area (Å²) in [5, 5.41) is 10.3. The summed E-state index contributed by atoms with van der Waals surface area (Å²) in [5.74, 6) is 0.582. The molecule has 6 heteroatoms. The van der Waals surface area contributed by atoms with Gasteiger partial charge in [-0.25, -0.2) is 9.07 Å². The topological polar surface area (TPSA) is 59.0 Å². The molecule has 1 aromatic carbocycles. The van der Waals surface area contributed by atoms with Gasteiger partial charge in [0.2, 0.25) is 5.91 Å². The van der Waals surface area contributed by atoms with E-state index in [9.17, 15) is 9.18 Å². The number of carbonyl (C=O) groups is 1. The lowest BCUT2D eigenvalue weighted by Crippen LogP contribution is -2.32. The zero-order valence-corrected chi connectivity index (χ0v) is 13.8. The summed E-state index contributed by atoms with van der Waals surface area (Å²) in [6.45, 7) is 4.20. The zero-order chi connectivity index (χ0) is 16.9. The van der Waals surface area contributed by atoms with Crippen LogP contribution in [-0.4, -0.2) is 28.8 Å². The minimum Gasteiger partial charge on any atom is -0.323 e. The van der Waals surface area contributed by atoms with Gasteiger partial charge in [0.05, 0.1) is 18.1 Å². The molecule has 1 aliphatic heterocycles. The van der Waals surface area contributed by atoms with Gasteiger partial charge in [0.1, 0.15) is 11.5 Å². The molecule has 1 aromatic heterocycles. The van der Waals surface area contributed by atoms with Crippen molar-refractivity contribution in [2.75, 3.05) is 18.4 Å². The van der Waals surface area contributed by atoms with E-state index in [1.165, 1.54) is 10.7 Å². The first-order valence-electron chi connectivity index (χ1n) is 8.43. The Bertz CT molecular complexity index is 694. The Hall–Kier alpha value is -2.21. The van der Waals surface area contributed by atoms with E-state index in [2.05, 4.69) is 22.7 Å². The fraction of sp³-hybridized carbons (Fsp3) is 0.444. The van der Waals surface area contributed by atoms with Crippen molar-refractivity contribution >= 4 is 11.6 Å². The Balaban J connectivity index is 1.58. The third-order valence-electron chi connectivity index (χ3n) is 4.66. The van der Waals surface area contributed by atoms with Crippen molar-refractivity contribution in [3.05, 3.63) is 42.5 Å². The number of nitrogens with zero attached hydrogens (tertiary/aromatic N) is 2. The molecule has 1 atom stereocenters. The molecular formula is C18H23FN4O. The predicted molar refractivity (Wildman–Crippen MR) is 91.5 cm³/mol. The summed E-state index contributed by atoms with van der Waals surface area (Å²) < 4.78 is 15.2. The minimum absolute atomic E-state index is 0.0193. The van der Waals surface area contributed by atoms with E-state index < -0.39 is 0 Å². The molecule has 1 amide bonds. The monoisotopic (exact) mass is 330 g/mol. The summed E-state index contributed by atoms with van der Waals surface area (Å²) in [6.07, 6.45) is 5.92. The molecule has 0 spiro atoms. The van der Waals surface area contributed by atoms with Gasteiger partial charge >= 0.3 is 0 Å². The van der Waals surface area contributed by atoms with Crippen LogP contribution in [0.1, 0.15) is 26.2 Å². The van der Waals surface area contributed by atoms with Crippen LogP contribution >= 0.6 is 0 Å². The molecule has 0 bridgehead atoms. The van der Waals surface area contributed by atoms with E-state index in [-0.39, 0.29) is 11.7 Å². The van der Waals surface area contributed by atoms with Crippen molar-refractivity contribution in [2.24, 2.45) is 11.8 Å². The summed E-state index contributed by atoms with van der Waals surface area (Å²) in [6, 6.07) is 6.41. The smallest absolute Gasteiger partial charge is 0.224 e. The number of hydrogen-bond acceptors (Lipinski definition) is 3. The molecule has 1 unspecified atom stereocenters. The highest BCUT2D eigenvalue weighted by molar-refractivity contribution is 5.90. The van der Waals surface area contributed by atoms with Crippen LogP contribution < -0.4 is 10.6 Å². The Morgan fingerprint density at radius 1 is 1.42 bits per heavy atom. The van der Waals surface area contributed by atoms with Gasteiger partial charge in [0.15, 0.2) is 0 Å².